The first kappa shape index (κ1) is 16.4. The Labute approximate surface area is 105 Å². The number of hydrogen-bond acceptors (Lipinski definition) is 3. The molecule has 102 valence electrons. The molecule has 0 aliphatic heterocycles. The minimum atomic E-state index is 0.0553. The van der Waals surface area contributed by atoms with Crippen LogP contribution in [-0.2, 0) is 4.79 Å². The van der Waals surface area contributed by atoms with Crippen LogP contribution in [0.4, 0.5) is 0 Å². The number of carbonyl (C=O) groups excluding carboxylic acids is 1. The van der Waals surface area contributed by atoms with Gasteiger partial charge in [0.25, 0.3) is 0 Å². The van der Waals surface area contributed by atoms with Crippen LogP contribution >= 0.6 is 0 Å². The molecule has 0 aromatic carbocycles. The minimum Gasteiger partial charge on any atom is -0.395 e. The number of nitrogens with one attached hydrogen (secondary N) is 1. The van der Waals surface area contributed by atoms with Gasteiger partial charge in [0.05, 0.1) is 13.2 Å². The molecule has 4 nitrogen and oxygen atoms in total. The molecule has 17 heavy (non-hydrogen) atoms. The smallest absolute Gasteiger partial charge is 0.234 e. The van der Waals surface area contributed by atoms with Gasteiger partial charge >= 0.3 is 0 Å². The molecule has 0 bridgehead atoms. The highest BCUT2D eigenvalue weighted by Gasteiger charge is 2.18. The van der Waals surface area contributed by atoms with Crippen LogP contribution in [0, 0.1) is 0 Å². The molecule has 0 spiro atoms. The van der Waals surface area contributed by atoms with Crippen molar-refractivity contribution >= 4 is 5.91 Å². The molecule has 0 radical (unpaired) electrons. The van der Waals surface area contributed by atoms with Crippen molar-refractivity contribution in [3.05, 3.63) is 0 Å². The Morgan fingerprint density at radius 2 is 1.82 bits per heavy atom. The number of rotatable bonds is 9. The highest BCUT2D eigenvalue weighted by molar-refractivity contribution is 5.78. The quantitative estimate of drug-likeness (QED) is 0.644. The first-order valence-electron chi connectivity index (χ1n) is 6.73. The summed E-state index contributed by atoms with van der Waals surface area (Å²) in [6.07, 6.45) is 2.96. The molecule has 0 aliphatic rings. The second-order valence-electron chi connectivity index (χ2n) is 4.54. The fraction of sp³-hybridized carbons (Fsp3) is 0.923. The predicted octanol–water partition coefficient (Wildman–Crippen LogP) is 1.38. The van der Waals surface area contributed by atoms with Crippen molar-refractivity contribution in [3.8, 4) is 0 Å². The summed E-state index contributed by atoms with van der Waals surface area (Å²) in [5.74, 6) is 0.0553. The zero-order chi connectivity index (χ0) is 13.3. The fourth-order valence-corrected chi connectivity index (χ4v) is 1.93. The molecule has 0 heterocycles. The molecular weight excluding hydrogens is 216 g/mol. The first-order valence-corrected chi connectivity index (χ1v) is 6.73. The lowest BCUT2D eigenvalue weighted by atomic mass is 10.1. The van der Waals surface area contributed by atoms with Crippen LogP contribution < -0.4 is 5.32 Å². The zero-order valence-electron chi connectivity index (χ0n) is 11.7. The molecule has 1 amide bonds. The molecule has 1 atom stereocenters. The summed E-state index contributed by atoms with van der Waals surface area (Å²) in [4.78, 5) is 13.9. The summed E-state index contributed by atoms with van der Waals surface area (Å²) in [7, 11) is 0. The number of aliphatic hydroxyl groups excluding tert-OH is 1. The molecule has 0 saturated heterocycles. The van der Waals surface area contributed by atoms with Gasteiger partial charge in [0.15, 0.2) is 0 Å². The monoisotopic (exact) mass is 244 g/mol. The maximum atomic E-state index is 11.8. The summed E-state index contributed by atoms with van der Waals surface area (Å²) < 4.78 is 0. The third-order valence-corrected chi connectivity index (χ3v) is 3.21. The van der Waals surface area contributed by atoms with E-state index in [2.05, 4.69) is 31.0 Å². The lowest BCUT2D eigenvalue weighted by molar-refractivity contribution is -0.123. The van der Waals surface area contributed by atoms with E-state index in [1.54, 1.807) is 0 Å². The van der Waals surface area contributed by atoms with Gasteiger partial charge in [-0.25, -0.2) is 0 Å². The van der Waals surface area contributed by atoms with Crippen LogP contribution in [0.3, 0.4) is 0 Å². The van der Waals surface area contributed by atoms with Crippen LogP contribution in [0.25, 0.3) is 0 Å². The summed E-state index contributed by atoms with van der Waals surface area (Å²) >= 11 is 0. The van der Waals surface area contributed by atoms with Crippen LogP contribution in [0.2, 0.25) is 0 Å². The molecule has 0 rings (SSSR count). The number of carbonyl (C=O) groups is 1. The molecule has 2 N–H and O–H groups in total. The van der Waals surface area contributed by atoms with Crippen LogP contribution in [0.15, 0.2) is 0 Å². The van der Waals surface area contributed by atoms with E-state index < -0.39 is 0 Å². The van der Waals surface area contributed by atoms with Gasteiger partial charge in [0, 0.05) is 18.6 Å². The lowest BCUT2D eigenvalue weighted by Gasteiger charge is -2.29. The van der Waals surface area contributed by atoms with Crippen molar-refractivity contribution in [3.63, 3.8) is 0 Å². The van der Waals surface area contributed by atoms with Crippen LogP contribution in [0.5, 0.6) is 0 Å². The third-order valence-electron chi connectivity index (χ3n) is 3.21. The van der Waals surface area contributed by atoms with Gasteiger partial charge in [-0.2, -0.15) is 0 Å². The molecule has 0 aromatic rings. The van der Waals surface area contributed by atoms with Gasteiger partial charge in [-0.15, -0.1) is 0 Å². The van der Waals surface area contributed by atoms with Crippen molar-refractivity contribution in [2.75, 3.05) is 19.7 Å². The minimum absolute atomic E-state index is 0.0553. The van der Waals surface area contributed by atoms with Gasteiger partial charge < -0.3 is 10.4 Å². The number of amides is 1. The normalized spacial score (nSPS) is 13.1. The van der Waals surface area contributed by atoms with Crippen molar-refractivity contribution in [1.82, 2.24) is 10.2 Å². The predicted molar refractivity (Wildman–Crippen MR) is 70.9 cm³/mol. The Hall–Kier alpha value is -0.610. The maximum Gasteiger partial charge on any atom is 0.234 e. The van der Waals surface area contributed by atoms with Gasteiger partial charge in [0.1, 0.15) is 0 Å². The Bertz CT molecular complexity index is 206. The van der Waals surface area contributed by atoms with Gasteiger partial charge in [-0.05, 0) is 26.2 Å². The van der Waals surface area contributed by atoms with E-state index in [1.807, 2.05) is 6.92 Å². The summed E-state index contributed by atoms with van der Waals surface area (Å²) in [6, 6.07) is 0.602. The van der Waals surface area contributed by atoms with Gasteiger partial charge in [0.2, 0.25) is 5.91 Å². The van der Waals surface area contributed by atoms with Crippen molar-refractivity contribution in [1.29, 1.82) is 0 Å². The Morgan fingerprint density at radius 1 is 1.24 bits per heavy atom. The van der Waals surface area contributed by atoms with E-state index in [4.69, 9.17) is 5.11 Å². The molecule has 0 fully saturated rings. The van der Waals surface area contributed by atoms with E-state index in [9.17, 15) is 4.79 Å². The van der Waals surface area contributed by atoms with Gasteiger partial charge in [-0.3, -0.25) is 9.69 Å². The number of aliphatic hydroxyl groups is 1. The SMILES string of the molecule is CCC(C)NC(=O)CN(CCO)C(CC)CC. The average Bonchev–Trinajstić information content (AvgIpc) is 2.30. The van der Waals surface area contributed by atoms with Crippen molar-refractivity contribution in [2.45, 2.75) is 59.0 Å². The first-order chi connectivity index (χ1) is 8.08. The van der Waals surface area contributed by atoms with Crippen molar-refractivity contribution in [2.24, 2.45) is 0 Å². The molecule has 0 aliphatic carbocycles. The van der Waals surface area contributed by atoms with Crippen molar-refractivity contribution < 1.29 is 9.90 Å². The highest BCUT2D eigenvalue weighted by atomic mass is 16.3. The lowest BCUT2D eigenvalue weighted by Crippen LogP contribution is -2.45. The summed E-state index contributed by atoms with van der Waals surface area (Å²) in [5, 5.41) is 12.0. The molecule has 4 heteroatoms. The Balaban J connectivity index is 4.27. The largest absolute Gasteiger partial charge is 0.395 e. The van der Waals surface area contributed by atoms with E-state index >= 15 is 0 Å². The molecule has 0 saturated carbocycles. The zero-order valence-corrected chi connectivity index (χ0v) is 11.7. The van der Waals surface area contributed by atoms with E-state index in [0.29, 0.717) is 19.1 Å². The number of nitrogens with zero attached hydrogens (tertiary/aromatic N) is 1. The third kappa shape index (κ3) is 6.64. The second-order valence-corrected chi connectivity index (χ2v) is 4.54. The van der Waals surface area contributed by atoms with Gasteiger partial charge in [-0.1, -0.05) is 20.8 Å². The Kier molecular flexibility index (Phi) is 9.09. The molecule has 0 aromatic heterocycles. The molecular formula is C13H28N2O2. The Morgan fingerprint density at radius 3 is 2.24 bits per heavy atom. The molecule has 1 unspecified atom stereocenters. The maximum absolute atomic E-state index is 11.8. The highest BCUT2D eigenvalue weighted by Crippen LogP contribution is 2.07. The average molecular weight is 244 g/mol. The van der Waals surface area contributed by atoms with E-state index in [1.165, 1.54) is 0 Å². The van der Waals surface area contributed by atoms with E-state index in [-0.39, 0.29) is 18.6 Å². The van der Waals surface area contributed by atoms with E-state index in [0.717, 1.165) is 19.3 Å². The summed E-state index contributed by atoms with van der Waals surface area (Å²) in [5.41, 5.74) is 0. The second kappa shape index (κ2) is 9.42. The van der Waals surface area contributed by atoms with Crippen LogP contribution in [0.1, 0.15) is 47.0 Å². The fourth-order valence-electron chi connectivity index (χ4n) is 1.93. The summed E-state index contributed by atoms with van der Waals surface area (Å²) in [6.45, 7) is 9.35. The van der Waals surface area contributed by atoms with Crippen LogP contribution in [-0.4, -0.2) is 47.7 Å². The number of hydrogen-bond donors (Lipinski definition) is 2. The topological polar surface area (TPSA) is 52.6 Å². The standard InChI is InChI=1S/C13H28N2O2/c1-5-11(4)14-13(17)10-15(8-9-16)12(6-2)7-3/h11-12,16H,5-10H2,1-4H3,(H,14,17).